The lowest BCUT2D eigenvalue weighted by molar-refractivity contribution is 0.0747. The van der Waals surface area contributed by atoms with E-state index in [0.29, 0.717) is 30.9 Å². The second-order valence-corrected chi connectivity index (χ2v) is 8.29. The highest BCUT2D eigenvalue weighted by Gasteiger charge is 2.26. The molecule has 4 aromatic rings. The topological polar surface area (TPSA) is 63.5 Å². The van der Waals surface area contributed by atoms with E-state index >= 15 is 0 Å². The highest BCUT2D eigenvalue weighted by Crippen LogP contribution is 2.28. The zero-order chi connectivity index (χ0) is 23.3. The monoisotopic (exact) mass is 453 g/mol. The standard InChI is InChI=1S/C27H27N5O2/c1-34-24-9-5-8-22(18-24)26-25(20-32(29-26)19-21-6-3-2-4-7-21)27(33)31-16-14-30(15-17-31)23-10-12-28-13-11-23/h2-13,18,20H,14-17,19H2,1H3. The molecule has 0 radical (unpaired) electrons. The Morgan fingerprint density at radius 1 is 0.941 bits per heavy atom. The predicted octanol–water partition coefficient (Wildman–Crippen LogP) is 3.96. The third kappa shape index (κ3) is 4.64. The molecular weight excluding hydrogens is 426 g/mol. The number of nitrogens with zero attached hydrogens (tertiary/aromatic N) is 5. The van der Waals surface area contributed by atoms with E-state index in [1.54, 1.807) is 19.5 Å². The summed E-state index contributed by atoms with van der Waals surface area (Å²) in [6, 6.07) is 21.9. The van der Waals surface area contributed by atoms with Crippen LogP contribution in [0, 0.1) is 0 Å². The predicted molar refractivity (Wildman–Crippen MR) is 132 cm³/mol. The van der Waals surface area contributed by atoms with Gasteiger partial charge in [0.15, 0.2) is 0 Å². The van der Waals surface area contributed by atoms with Crippen molar-refractivity contribution in [1.82, 2.24) is 19.7 Å². The van der Waals surface area contributed by atoms with Crippen LogP contribution in [0.4, 0.5) is 5.69 Å². The number of rotatable bonds is 6. The number of hydrogen-bond acceptors (Lipinski definition) is 5. The second-order valence-electron chi connectivity index (χ2n) is 8.29. The Morgan fingerprint density at radius 2 is 1.71 bits per heavy atom. The smallest absolute Gasteiger partial charge is 0.257 e. The van der Waals surface area contributed by atoms with Gasteiger partial charge in [0.1, 0.15) is 11.4 Å². The largest absolute Gasteiger partial charge is 0.497 e. The molecular formula is C27H27N5O2. The van der Waals surface area contributed by atoms with Crippen molar-refractivity contribution in [2.75, 3.05) is 38.2 Å². The number of pyridine rings is 1. The maximum absolute atomic E-state index is 13.7. The first-order valence-electron chi connectivity index (χ1n) is 11.4. The van der Waals surface area contributed by atoms with Crippen LogP contribution in [0.5, 0.6) is 5.75 Å². The summed E-state index contributed by atoms with van der Waals surface area (Å²) < 4.78 is 7.26. The van der Waals surface area contributed by atoms with Crippen LogP contribution in [0.2, 0.25) is 0 Å². The maximum atomic E-state index is 13.7. The van der Waals surface area contributed by atoms with E-state index in [-0.39, 0.29) is 5.91 Å². The normalized spacial score (nSPS) is 13.7. The van der Waals surface area contributed by atoms with Crippen LogP contribution in [0.1, 0.15) is 15.9 Å². The molecule has 0 saturated carbocycles. The summed E-state index contributed by atoms with van der Waals surface area (Å²) in [5.74, 6) is 0.742. The summed E-state index contributed by atoms with van der Waals surface area (Å²) >= 11 is 0. The van der Waals surface area contributed by atoms with Crippen molar-refractivity contribution >= 4 is 11.6 Å². The number of amides is 1. The van der Waals surface area contributed by atoms with Gasteiger partial charge in [0, 0.05) is 56.0 Å². The molecule has 1 amide bonds. The van der Waals surface area contributed by atoms with Gasteiger partial charge in [0.05, 0.1) is 19.2 Å². The van der Waals surface area contributed by atoms with Gasteiger partial charge in [0.25, 0.3) is 5.91 Å². The van der Waals surface area contributed by atoms with Gasteiger partial charge in [-0.1, -0.05) is 42.5 Å². The number of carbonyl (C=O) groups excluding carboxylic acids is 1. The van der Waals surface area contributed by atoms with Gasteiger partial charge < -0.3 is 14.5 Å². The van der Waals surface area contributed by atoms with Gasteiger partial charge in [-0.25, -0.2) is 0 Å². The van der Waals surface area contributed by atoms with Gasteiger partial charge in [0.2, 0.25) is 0 Å². The quantitative estimate of drug-likeness (QED) is 0.442. The molecule has 0 spiro atoms. The number of ether oxygens (including phenoxy) is 1. The molecule has 0 aliphatic carbocycles. The van der Waals surface area contributed by atoms with Gasteiger partial charge in [-0.2, -0.15) is 5.10 Å². The minimum Gasteiger partial charge on any atom is -0.497 e. The lowest BCUT2D eigenvalue weighted by atomic mass is 10.1. The van der Waals surface area contributed by atoms with Crippen molar-refractivity contribution in [2.45, 2.75) is 6.54 Å². The Hall–Kier alpha value is -4.13. The molecule has 0 unspecified atom stereocenters. The van der Waals surface area contributed by atoms with Crippen molar-refractivity contribution < 1.29 is 9.53 Å². The van der Waals surface area contributed by atoms with E-state index in [1.165, 1.54) is 0 Å². The molecule has 0 bridgehead atoms. The molecule has 2 aromatic carbocycles. The minimum atomic E-state index is 0.00603. The molecule has 0 atom stereocenters. The Balaban J connectivity index is 1.41. The molecule has 7 nitrogen and oxygen atoms in total. The van der Waals surface area contributed by atoms with Crippen molar-refractivity contribution in [3.8, 4) is 17.0 Å². The zero-order valence-electron chi connectivity index (χ0n) is 19.2. The van der Waals surface area contributed by atoms with Crippen molar-refractivity contribution in [3.05, 3.63) is 96.4 Å². The summed E-state index contributed by atoms with van der Waals surface area (Å²) in [5.41, 5.74) is 4.42. The molecule has 1 fully saturated rings. The fourth-order valence-electron chi connectivity index (χ4n) is 4.31. The summed E-state index contributed by atoms with van der Waals surface area (Å²) in [6.07, 6.45) is 5.47. The number of methoxy groups -OCH3 is 1. The fourth-order valence-corrected chi connectivity index (χ4v) is 4.31. The number of aromatic nitrogens is 3. The van der Waals surface area contributed by atoms with Crippen LogP contribution in [0.15, 0.2) is 85.3 Å². The lowest BCUT2D eigenvalue weighted by Gasteiger charge is -2.36. The van der Waals surface area contributed by atoms with E-state index in [0.717, 1.165) is 35.7 Å². The van der Waals surface area contributed by atoms with E-state index in [1.807, 2.05) is 70.4 Å². The Labute approximate surface area is 199 Å². The molecule has 7 heteroatoms. The molecule has 2 aromatic heterocycles. The number of anilines is 1. The highest BCUT2D eigenvalue weighted by molar-refractivity contribution is 6.00. The average molecular weight is 454 g/mol. The summed E-state index contributed by atoms with van der Waals surface area (Å²) in [6.45, 7) is 3.47. The lowest BCUT2D eigenvalue weighted by Crippen LogP contribution is -2.48. The first kappa shape index (κ1) is 21.7. The van der Waals surface area contributed by atoms with E-state index in [2.05, 4.69) is 22.0 Å². The third-order valence-corrected chi connectivity index (χ3v) is 6.12. The molecule has 5 rings (SSSR count). The van der Waals surface area contributed by atoms with E-state index in [4.69, 9.17) is 9.84 Å². The van der Waals surface area contributed by atoms with Gasteiger partial charge in [-0.15, -0.1) is 0 Å². The molecule has 3 heterocycles. The molecule has 0 N–H and O–H groups in total. The second kappa shape index (κ2) is 9.79. The molecule has 172 valence electrons. The van der Waals surface area contributed by atoms with E-state index < -0.39 is 0 Å². The Bertz CT molecular complexity index is 1250. The first-order valence-corrected chi connectivity index (χ1v) is 11.4. The molecule has 1 saturated heterocycles. The fraction of sp³-hybridized carbons (Fsp3) is 0.222. The maximum Gasteiger partial charge on any atom is 0.257 e. The number of piperazine rings is 1. The Morgan fingerprint density at radius 3 is 2.44 bits per heavy atom. The van der Waals surface area contributed by atoms with Crippen LogP contribution >= 0.6 is 0 Å². The van der Waals surface area contributed by atoms with Crippen LogP contribution < -0.4 is 9.64 Å². The number of carbonyl (C=O) groups is 1. The zero-order valence-corrected chi connectivity index (χ0v) is 19.2. The van der Waals surface area contributed by atoms with Gasteiger partial charge in [-0.05, 0) is 29.8 Å². The summed E-state index contributed by atoms with van der Waals surface area (Å²) in [5, 5.41) is 4.83. The molecule has 1 aliphatic rings. The average Bonchev–Trinajstić information content (AvgIpc) is 3.33. The molecule has 1 aliphatic heterocycles. The highest BCUT2D eigenvalue weighted by atomic mass is 16.5. The molecule has 34 heavy (non-hydrogen) atoms. The van der Waals surface area contributed by atoms with Gasteiger partial charge >= 0.3 is 0 Å². The number of benzene rings is 2. The summed E-state index contributed by atoms with van der Waals surface area (Å²) in [7, 11) is 1.64. The van der Waals surface area contributed by atoms with Gasteiger partial charge in [-0.3, -0.25) is 14.5 Å². The van der Waals surface area contributed by atoms with Crippen LogP contribution in [0.3, 0.4) is 0 Å². The number of hydrogen-bond donors (Lipinski definition) is 0. The Kier molecular flexibility index (Phi) is 6.25. The van der Waals surface area contributed by atoms with Crippen LogP contribution in [-0.2, 0) is 6.54 Å². The van der Waals surface area contributed by atoms with Crippen LogP contribution in [-0.4, -0.2) is 58.9 Å². The van der Waals surface area contributed by atoms with Crippen molar-refractivity contribution in [2.24, 2.45) is 0 Å². The minimum absolute atomic E-state index is 0.00603. The van der Waals surface area contributed by atoms with Crippen LogP contribution in [0.25, 0.3) is 11.3 Å². The van der Waals surface area contributed by atoms with Crippen molar-refractivity contribution in [3.63, 3.8) is 0 Å². The SMILES string of the molecule is COc1cccc(-c2nn(Cc3ccccc3)cc2C(=O)N2CCN(c3ccncc3)CC2)c1. The first-order chi connectivity index (χ1) is 16.7. The van der Waals surface area contributed by atoms with E-state index in [9.17, 15) is 4.79 Å². The summed E-state index contributed by atoms with van der Waals surface area (Å²) in [4.78, 5) is 22.0. The third-order valence-electron chi connectivity index (χ3n) is 6.12. The van der Waals surface area contributed by atoms with Crippen molar-refractivity contribution in [1.29, 1.82) is 0 Å².